The van der Waals surface area contributed by atoms with Crippen molar-refractivity contribution in [2.75, 3.05) is 0 Å². The Morgan fingerprint density at radius 3 is 2.25 bits per heavy atom. The van der Waals surface area contributed by atoms with Crippen LogP contribution in [0.15, 0.2) is 0 Å². The molecule has 0 saturated heterocycles. The van der Waals surface area contributed by atoms with Crippen molar-refractivity contribution in [3.8, 4) is 0 Å². The lowest BCUT2D eigenvalue weighted by molar-refractivity contribution is 1.03. The molecule has 0 atom stereocenters. The quantitative estimate of drug-likeness (QED) is 0.664. The second-order valence-electron chi connectivity index (χ2n) is 1.76. The average Bonchev–Trinajstić information content (AvgIpc) is 1.98. The molecule has 0 spiro atoms. The molecule has 0 amide bonds. The topological polar surface area (TPSA) is 28.7 Å². The lowest BCUT2D eigenvalue weighted by atomic mass is 10.3. The highest BCUT2D eigenvalue weighted by Crippen LogP contribution is 2.09. The summed E-state index contributed by atoms with van der Waals surface area (Å²) in [5.74, 6) is 0. The fourth-order valence-electron chi connectivity index (χ4n) is 0.455. The van der Waals surface area contributed by atoms with Gasteiger partial charge < -0.3 is 0 Å². The zero-order valence-electron chi connectivity index (χ0n) is 4.83. The number of aromatic nitrogens is 2. The average molecular weight is 222 g/mol. The maximum Gasteiger partial charge on any atom is 0.126 e. The summed E-state index contributed by atoms with van der Waals surface area (Å²) in [5.41, 5.74) is 2.42. The summed E-state index contributed by atoms with van der Waals surface area (Å²) in [6.07, 6.45) is 0. The van der Waals surface area contributed by atoms with Gasteiger partial charge in [-0.1, -0.05) is 0 Å². The van der Waals surface area contributed by atoms with Crippen LogP contribution in [0.3, 0.4) is 0 Å². The van der Waals surface area contributed by atoms with Crippen molar-refractivity contribution in [1.82, 2.24) is 10.2 Å². The minimum Gasteiger partial charge on any atom is -0.282 e. The van der Waals surface area contributed by atoms with E-state index in [0.717, 1.165) is 9.39 Å². The molecular weight excluding hydrogens is 215 g/mol. The molecule has 3 heteroatoms. The van der Waals surface area contributed by atoms with Gasteiger partial charge in [-0.15, -0.1) is 0 Å². The first kappa shape index (κ1) is 6.07. The van der Waals surface area contributed by atoms with E-state index in [0.29, 0.717) is 0 Å². The van der Waals surface area contributed by atoms with E-state index in [4.69, 9.17) is 0 Å². The molecule has 1 aromatic heterocycles. The van der Waals surface area contributed by atoms with Crippen LogP contribution in [0.2, 0.25) is 0 Å². The first-order chi connectivity index (χ1) is 3.72. The Labute approximate surface area is 61.8 Å². The third-order valence-corrected chi connectivity index (χ3v) is 2.24. The monoisotopic (exact) mass is 222 g/mol. The predicted molar refractivity (Wildman–Crippen MR) is 40.8 cm³/mol. The van der Waals surface area contributed by atoms with E-state index in [1.54, 1.807) is 0 Å². The van der Waals surface area contributed by atoms with Gasteiger partial charge in [0.05, 0.1) is 0 Å². The normalized spacial score (nSPS) is 9.88. The van der Waals surface area contributed by atoms with Crippen molar-refractivity contribution in [3.63, 3.8) is 0 Å². The zero-order valence-corrected chi connectivity index (χ0v) is 6.98. The van der Waals surface area contributed by atoms with Crippen LogP contribution in [0, 0.1) is 17.5 Å². The van der Waals surface area contributed by atoms with Gasteiger partial charge in [0.15, 0.2) is 0 Å². The standard InChI is InChI=1S/C5H7IN2/c1-3-4(2)7-8-5(3)6/h1-2H3,(H,7,8). The van der Waals surface area contributed by atoms with E-state index in [-0.39, 0.29) is 0 Å². The minimum atomic E-state index is 1.07. The maximum absolute atomic E-state index is 3.98. The maximum atomic E-state index is 3.98. The molecule has 1 rings (SSSR count). The number of aryl methyl sites for hydroxylation is 1. The lowest BCUT2D eigenvalue weighted by Gasteiger charge is -1.82. The van der Waals surface area contributed by atoms with Gasteiger partial charge >= 0.3 is 0 Å². The molecule has 0 radical (unpaired) electrons. The molecule has 0 aliphatic heterocycles. The summed E-state index contributed by atoms with van der Waals surface area (Å²) >= 11 is 2.20. The van der Waals surface area contributed by atoms with Crippen molar-refractivity contribution in [2.24, 2.45) is 0 Å². The SMILES string of the molecule is Cc1[nH]nc(I)c1C. The van der Waals surface area contributed by atoms with Gasteiger partial charge in [0.1, 0.15) is 3.70 Å². The van der Waals surface area contributed by atoms with Crippen molar-refractivity contribution >= 4 is 22.6 Å². The van der Waals surface area contributed by atoms with Gasteiger partial charge in [-0.3, -0.25) is 5.10 Å². The molecular formula is C5H7IN2. The van der Waals surface area contributed by atoms with Crippen LogP contribution in [-0.4, -0.2) is 10.2 Å². The van der Waals surface area contributed by atoms with E-state index in [1.807, 2.05) is 6.92 Å². The van der Waals surface area contributed by atoms with Crippen molar-refractivity contribution in [3.05, 3.63) is 15.0 Å². The third kappa shape index (κ3) is 0.866. The first-order valence-electron chi connectivity index (χ1n) is 2.39. The van der Waals surface area contributed by atoms with Gasteiger partial charge in [0, 0.05) is 11.3 Å². The summed E-state index contributed by atoms with van der Waals surface area (Å²) in [4.78, 5) is 0. The molecule has 1 aromatic rings. The first-order valence-corrected chi connectivity index (χ1v) is 3.46. The molecule has 0 fully saturated rings. The number of hydrogen-bond donors (Lipinski definition) is 1. The van der Waals surface area contributed by atoms with Crippen LogP contribution >= 0.6 is 22.6 Å². The van der Waals surface area contributed by atoms with Crippen LogP contribution in [-0.2, 0) is 0 Å². The summed E-state index contributed by atoms with van der Waals surface area (Å²) in [5, 5.41) is 6.86. The summed E-state index contributed by atoms with van der Waals surface area (Å²) < 4.78 is 1.07. The van der Waals surface area contributed by atoms with Gasteiger partial charge in [-0.05, 0) is 36.4 Å². The number of nitrogens with one attached hydrogen (secondary N) is 1. The van der Waals surface area contributed by atoms with Crippen LogP contribution in [0.25, 0.3) is 0 Å². The molecule has 0 aliphatic rings. The Morgan fingerprint density at radius 1 is 1.50 bits per heavy atom. The van der Waals surface area contributed by atoms with Crippen molar-refractivity contribution in [2.45, 2.75) is 13.8 Å². The highest BCUT2D eigenvalue weighted by Gasteiger charge is 1.98. The Hall–Kier alpha value is -0.0600. The van der Waals surface area contributed by atoms with E-state index < -0.39 is 0 Å². The van der Waals surface area contributed by atoms with E-state index in [2.05, 4.69) is 39.7 Å². The number of aromatic amines is 1. The summed E-state index contributed by atoms with van der Waals surface area (Å²) in [6, 6.07) is 0. The molecule has 0 bridgehead atoms. The molecule has 0 saturated carbocycles. The second-order valence-corrected chi connectivity index (χ2v) is 2.79. The second kappa shape index (κ2) is 2.05. The Kier molecular flexibility index (Phi) is 1.55. The number of rotatable bonds is 0. The van der Waals surface area contributed by atoms with Gasteiger partial charge in [-0.25, -0.2) is 0 Å². The fraction of sp³-hybridized carbons (Fsp3) is 0.400. The van der Waals surface area contributed by atoms with Crippen LogP contribution in [0.5, 0.6) is 0 Å². The van der Waals surface area contributed by atoms with Gasteiger partial charge in [0.25, 0.3) is 0 Å². The molecule has 0 aromatic carbocycles. The van der Waals surface area contributed by atoms with Crippen molar-refractivity contribution in [1.29, 1.82) is 0 Å². The number of halogens is 1. The van der Waals surface area contributed by atoms with Crippen LogP contribution in [0.4, 0.5) is 0 Å². The predicted octanol–water partition coefficient (Wildman–Crippen LogP) is 1.63. The van der Waals surface area contributed by atoms with Crippen LogP contribution < -0.4 is 0 Å². The third-order valence-electron chi connectivity index (χ3n) is 1.19. The Balaban J connectivity index is 3.19. The number of hydrogen-bond acceptors (Lipinski definition) is 1. The molecule has 44 valence electrons. The van der Waals surface area contributed by atoms with E-state index in [1.165, 1.54) is 5.56 Å². The molecule has 1 N–H and O–H groups in total. The summed E-state index contributed by atoms with van der Waals surface area (Å²) in [7, 11) is 0. The molecule has 8 heavy (non-hydrogen) atoms. The molecule has 1 heterocycles. The Bertz CT molecular complexity index is 173. The molecule has 0 aliphatic carbocycles. The van der Waals surface area contributed by atoms with Gasteiger partial charge in [-0.2, -0.15) is 5.10 Å². The largest absolute Gasteiger partial charge is 0.282 e. The minimum absolute atomic E-state index is 1.07. The lowest BCUT2D eigenvalue weighted by Crippen LogP contribution is -1.72. The van der Waals surface area contributed by atoms with Crippen molar-refractivity contribution < 1.29 is 0 Å². The number of H-pyrrole nitrogens is 1. The summed E-state index contributed by atoms with van der Waals surface area (Å²) in [6.45, 7) is 4.07. The van der Waals surface area contributed by atoms with E-state index >= 15 is 0 Å². The Morgan fingerprint density at radius 2 is 2.12 bits per heavy atom. The molecule has 2 nitrogen and oxygen atoms in total. The highest BCUT2D eigenvalue weighted by molar-refractivity contribution is 14.1. The highest BCUT2D eigenvalue weighted by atomic mass is 127. The molecule has 0 unspecified atom stereocenters. The van der Waals surface area contributed by atoms with Crippen LogP contribution in [0.1, 0.15) is 11.3 Å². The van der Waals surface area contributed by atoms with Gasteiger partial charge in [0.2, 0.25) is 0 Å². The number of nitrogens with zero attached hydrogens (tertiary/aromatic N) is 1. The van der Waals surface area contributed by atoms with E-state index in [9.17, 15) is 0 Å². The zero-order chi connectivity index (χ0) is 6.15. The smallest absolute Gasteiger partial charge is 0.126 e. The fourth-order valence-corrected chi connectivity index (χ4v) is 0.980.